The van der Waals surface area contributed by atoms with Crippen molar-refractivity contribution in [1.82, 2.24) is 0 Å². The Morgan fingerprint density at radius 2 is 0.963 bits per heavy atom. The highest BCUT2D eigenvalue weighted by Gasteiger charge is 2.79. The normalized spacial score (nSPS) is 16.5. The summed E-state index contributed by atoms with van der Waals surface area (Å²) in [6.45, 7) is 0. The summed E-state index contributed by atoms with van der Waals surface area (Å²) < 4.78 is -13.5. The maximum atomic E-state index is 11.7. The second kappa shape index (κ2) is 10.2. The molecule has 0 aromatic carbocycles. The smallest absolute Gasteiger partial charge is 0.344 e. The van der Waals surface area contributed by atoms with Crippen LogP contribution >= 0.6 is 186 Å². The van der Waals surface area contributed by atoms with E-state index in [9.17, 15) is 4.79 Å². The van der Waals surface area contributed by atoms with Gasteiger partial charge in [0.2, 0.25) is 0 Å². The minimum atomic E-state index is -3.02. The van der Waals surface area contributed by atoms with E-state index in [0.29, 0.717) is 0 Å². The highest BCUT2D eigenvalue weighted by atomic mass is 35.6. The average Bonchev–Trinajstić information content (AvgIpc) is 2.51. The SMILES string of the molecule is O=C(OCl)C(Cl)(Cl)C(Cl)(Cl)C(Cl)(Cl)C(Cl)(Cl)C(Cl)(Cl)C(Cl)(Cl)C(Cl)C(Cl)Cl. The summed E-state index contributed by atoms with van der Waals surface area (Å²) in [5, 5.41) is -1.61. The van der Waals surface area contributed by atoms with Crippen LogP contribution in [0, 0.1) is 0 Å². The molecule has 0 aromatic heterocycles. The maximum Gasteiger partial charge on any atom is 0.363 e. The highest BCUT2D eigenvalue weighted by Crippen LogP contribution is 2.69. The zero-order valence-corrected chi connectivity index (χ0v) is 23.6. The van der Waals surface area contributed by atoms with E-state index in [4.69, 9.17) is 186 Å². The Labute approximate surface area is 234 Å². The lowest BCUT2D eigenvalue weighted by molar-refractivity contribution is -0.135. The van der Waals surface area contributed by atoms with Crippen LogP contribution in [-0.2, 0) is 9.08 Å². The summed E-state index contributed by atoms with van der Waals surface area (Å²) >= 11 is 94.5. The molecule has 0 heterocycles. The van der Waals surface area contributed by atoms with Gasteiger partial charge in [-0.1, -0.05) is 139 Å². The second-order valence-corrected chi connectivity index (χ2v) is 14.4. The van der Waals surface area contributed by atoms with Gasteiger partial charge < -0.3 is 4.29 Å². The second-order valence-electron chi connectivity index (χ2n) is 4.60. The predicted octanol–water partition coefficient (Wildman–Crippen LogP) is 9.14. The zero-order chi connectivity index (χ0) is 22.4. The molecule has 0 spiro atoms. The topological polar surface area (TPSA) is 26.3 Å². The van der Waals surface area contributed by atoms with Gasteiger partial charge >= 0.3 is 5.97 Å². The summed E-state index contributed by atoms with van der Waals surface area (Å²) in [6.07, 6.45) is 0. The summed E-state index contributed by atoms with van der Waals surface area (Å²) in [4.78, 5) is 10.3. The number of hydrogen-bond donors (Lipinski definition) is 0. The van der Waals surface area contributed by atoms with Crippen LogP contribution in [0.25, 0.3) is 0 Å². The lowest BCUT2D eigenvalue weighted by atomic mass is 10.0. The Balaban J connectivity index is 6.51. The van der Waals surface area contributed by atoms with Crippen LogP contribution in [-0.4, -0.2) is 42.2 Å². The third-order valence-corrected chi connectivity index (χ3v) is 13.0. The molecule has 0 saturated heterocycles. The van der Waals surface area contributed by atoms with Crippen molar-refractivity contribution in [2.45, 2.75) is 36.2 Å². The van der Waals surface area contributed by atoms with Gasteiger partial charge in [-0.15, -0.1) is 34.8 Å². The summed E-state index contributed by atoms with van der Waals surface area (Å²) in [6, 6.07) is 0. The van der Waals surface area contributed by atoms with Crippen LogP contribution in [0.5, 0.6) is 0 Å². The highest BCUT2D eigenvalue weighted by molar-refractivity contribution is 6.80. The maximum absolute atomic E-state index is 11.7. The third kappa shape index (κ3) is 5.28. The molecule has 1 atom stereocenters. The molecule has 27 heavy (non-hydrogen) atoms. The number of halogens is 16. The van der Waals surface area contributed by atoms with Crippen molar-refractivity contribution in [3.63, 3.8) is 0 Å². The van der Waals surface area contributed by atoms with Crippen LogP contribution in [0.2, 0.25) is 0 Å². The molecular formula is C9H2Cl16O2. The largest absolute Gasteiger partial charge is 0.363 e. The number of carbonyl (C=O) groups is 1. The van der Waals surface area contributed by atoms with Crippen molar-refractivity contribution in [2.24, 2.45) is 0 Å². The van der Waals surface area contributed by atoms with Crippen molar-refractivity contribution in [3.05, 3.63) is 0 Å². The van der Waals surface area contributed by atoms with E-state index >= 15 is 0 Å². The van der Waals surface area contributed by atoms with Crippen molar-refractivity contribution in [3.8, 4) is 0 Å². The molecule has 1 unspecified atom stereocenters. The van der Waals surface area contributed by atoms with E-state index in [1.807, 2.05) is 0 Å². The van der Waals surface area contributed by atoms with Crippen molar-refractivity contribution in [2.75, 3.05) is 0 Å². The molecule has 0 aliphatic carbocycles. The molecule has 0 aromatic rings. The molecular weight excluding hydrogens is 707 g/mol. The van der Waals surface area contributed by atoms with E-state index in [2.05, 4.69) is 4.29 Å². The molecule has 0 bridgehead atoms. The Bertz CT molecular complexity index is 554. The fraction of sp³-hybridized carbons (Fsp3) is 0.889. The van der Waals surface area contributed by atoms with E-state index in [1.54, 1.807) is 0 Å². The molecule has 0 amide bonds. The van der Waals surface area contributed by atoms with Gasteiger partial charge in [-0.3, -0.25) is 0 Å². The number of rotatable bonds is 8. The molecule has 162 valence electrons. The Kier molecular flexibility index (Phi) is 11.7. The van der Waals surface area contributed by atoms with Gasteiger partial charge in [-0.05, 0) is 0 Å². The van der Waals surface area contributed by atoms with Crippen LogP contribution in [0.3, 0.4) is 0 Å². The van der Waals surface area contributed by atoms with Gasteiger partial charge in [-0.25, -0.2) is 4.79 Å². The third-order valence-electron chi connectivity index (χ3n) is 2.89. The Hall–Kier alpha value is 4.11. The van der Waals surface area contributed by atoms with E-state index in [1.165, 1.54) is 0 Å². The van der Waals surface area contributed by atoms with Gasteiger partial charge in [0.1, 0.15) is 16.7 Å². The molecule has 0 aliphatic heterocycles. The first-order chi connectivity index (χ1) is 11.6. The standard InChI is InChI=1S/C9H2Cl16O2/c10-1(2(11)12)4(13,14)6(17,18)8(21,22)9(23,24)7(19,20)5(15,16)3(26)27-25/h1-2H. The van der Waals surface area contributed by atoms with Crippen molar-refractivity contribution < 1.29 is 9.08 Å². The van der Waals surface area contributed by atoms with Gasteiger partial charge in [0.15, 0.2) is 21.7 Å². The van der Waals surface area contributed by atoms with E-state index in [0.717, 1.165) is 0 Å². The lowest BCUT2D eigenvalue weighted by Crippen LogP contribution is -2.69. The van der Waals surface area contributed by atoms with Crippen LogP contribution in [0.15, 0.2) is 0 Å². The quantitative estimate of drug-likeness (QED) is 0.235. The van der Waals surface area contributed by atoms with Crippen LogP contribution in [0.1, 0.15) is 0 Å². The summed E-state index contributed by atoms with van der Waals surface area (Å²) in [5.74, 6) is -1.61. The molecule has 0 radical (unpaired) electrons. The molecule has 0 aliphatic rings. The van der Waals surface area contributed by atoms with E-state index < -0.39 is 42.2 Å². The predicted molar refractivity (Wildman–Crippen MR) is 124 cm³/mol. The lowest BCUT2D eigenvalue weighted by Gasteiger charge is -2.51. The molecule has 18 heteroatoms. The molecule has 0 saturated carbocycles. The zero-order valence-electron chi connectivity index (χ0n) is 11.5. The molecule has 0 fully saturated rings. The fourth-order valence-corrected chi connectivity index (χ4v) is 6.19. The van der Waals surface area contributed by atoms with Crippen molar-refractivity contribution >= 4 is 192 Å². The first-order valence-electron chi connectivity index (χ1n) is 5.61. The molecule has 2 nitrogen and oxygen atoms in total. The number of alkyl halides is 15. The Morgan fingerprint density at radius 3 is 1.26 bits per heavy atom. The summed E-state index contributed by atoms with van der Waals surface area (Å²) in [5.41, 5.74) is 0. The van der Waals surface area contributed by atoms with Gasteiger partial charge in [0.05, 0.1) is 5.38 Å². The fourth-order valence-electron chi connectivity index (χ4n) is 1.31. The van der Waals surface area contributed by atoms with Gasteiger partial charge in [0, 0.05) is 0 Å². The van der Waals surface area contributed by atoms with Crippen molar-refractivity contribution in [1.29, 1.82) is 0 Å². The number of hydrogen-bond acceptors (Lipinski definition) is 2. The van der Waals surface area contributed by atoms with Crippen LogP contribution in [0.4, 0.5) is 0 Å². The van der Waals surface area contributed by atoms with Gasteiger partial charge in [-0.2, -0.15) is 0 Å². The molecule has 0 rings (SSSR count). The van der Waals surface area contributed by atoms with Crippen LogP contribution < -0.4 is 0 Å². The first-order valence-corrected chi connectivity index (χ1v) is 11.8. The monoisotopic (exact) mass is 702 g/mol. The van der Waals surface area contributed by atoms with E-state index in [-0.39, 0.29) is 0 Å². The minimum Gasteiger partial charge on any atom is -0.344 e. The van der Waals surface area contributed by atoms with Gasteiger partial charge in [0.25, 0.3) is 4.33 Å². The summed E-state index contributed by atoms with van der Waals surface area (Å²) in [7, 11) is 0. The first kappa shape index (κ1) is 31.1. The molecule has 0 N–H and O–H groups in total. The average molecular weight is 709 g/mol. The Morgan fingerprint density at radius 1 is 0.630 bits per heavy atom. The minimum absolute atomic E-state index is 1.44. The number of carbonyl (C=O) groups excluding carboxylic acids is 1.